The average molecular weight is 733 g/mol. The topological polar surface area (TPSA) is 204 Å². The molecule has 3 aromatic rings. The third kappa shape index (κ3) is 12.0. The number of alkyl carbamates (subject to hydrolysis) is 1. The molecule has 0 saturated carbocycles. The number of nitrogens with zero attached hydrogens (tertiary/aromatic N) is 2. The molecule has 0 radical (unpaired) electrons. The molecule has 0 spiro atoms. The van der Waals surface area contributed by atoms with Gasteiger partial charge in [-0.3, -0.25) is 9.79 Å². The fourth-order valence-electron chi connectivity index (χ4n) is 5.02. The van der Waals surface area contributed by atoms with Gasteiger partial charge in [-0.25, -0.2) is 22.9 Å². The predicted octanol–water partition coefficient (Wildman–Crippen LogP) is 3.78. The Kier molecular flexibility index (Phi) is 14.6. The molecule has 3 atom stereocenters. The number of benzene rings is 2. The van der Waals surface area contributed by atoms with Crippen LogP contribution in [0, 0.1) is 20.8 Å². The van der Waals surface area contributed by atoms with Crippen LogP contribution in [0.25, 0.3) is 0 Å². The fraction of sp³-hybridized carbons (Fsp3) is 0.471. The monoisotopic (exact) mass is 732 g/mol. The first kappa shape index (κ1) is 40.2. The number of nitrogens with one attached hydrogen (secondary N) is 3. The summed E-state index contributed by atoms with van der Waals surface area (Å²) in [6.45, 7) is 10.3. The van der Waals surface area contributed by atoms with E-state index in [1.165, 1.54) is 24.6 Å². The summed E-state index contributed by atoms with van der Waals surface area (Å²) in [4.78, 5) is 34.7. The molecule has 16 heteroatoms. The Morgan fingerprint density at radius 3 is 2.42 bits per heavy atom. The lowest BCUT2D eigenvalue weighted by Crippen LogP contribution is -2.53. The van der Waals surface area contributed by atoms with Crippen molar-refractivity contribution in [3.05, 3.63) is 75.2 Å². The molecule has 14 nitrogen and oxygen atoms in total. The number of sulfonamides is 1. The van der Waals surface area contributed by atoms with Gasteiger partial charge in [0, 0.05) is 18.1 Å². The minimum atomic E-state index is -4.06. The number of aryl methyl sites for hydroxylation is 1. The van der Waals surface area contributed by atoms with Crippen LogP contribution < -0.4 is 25.8 Å². The number of methoxy groups -OCH3 is 1. The number of nitrogens with two attached hydrogens (primary N) is 1. The minimum Gasteiger partial charge on any atom is -0.496 e. The smallest absolute Gasteiger partial charge is 0.408 e. The van der Waals surface area contributed by atoms with E-state index in [4.69, 9.17) is 19.9 Å². The third-order valence-corrected chi connectivity index (χ3v) is 9.97. The molecule has 0 fully saturated rings. The number of thiazole rings is 1. The molecule has 1 unspecified atom stereocenters. The van der Waals surface area contributed by atoms with Crippen molar-refractivity contribution in [3.63, 3.8) is 0 Å². The molecule has 274 valence electrons. The molecule has 1 aromatic heterocycles. The highest BCUT2D eigenvalue weighted by molar-refractivity contribution is 7.90. The number of hydrogen-bond donors (Lipinski definition) is 5. The Hall–Kier alpha value is -4.25. The molecule has 50 heavy (non-hydrogen) atoms. The number of aliphatic imine (C=N–C) groups is 1. The van der Waals surface area contributed by atoms with Crippen LogP contribution in [0.4, 0.5) is 4.79 Å². The molecule has 6 N–H and O–H groups in total. The van der Waals surface area contributed by atoms with E-state index in [0.717, 1.165) is 5.56 Å². The molecular weight excluding hydrogens is 685 g/mol. The van der Waals surface area contributed by atoms with Gasteiger partial charge in [-0.1, -0.05) is 30.3 Å². The van der Waals surface area contributed by atoms with E-state index < -0.39 is 45.8 Å². The number of aromatic nitrogens is 1. The van der Waals surface area contributed by atoms with Crippen molar-refractivity contribution in [3.8, 4) is 5.75 Å². The quantitative estimate of drug-likeness (QED) is 0.0819. The molecule has 0 bridgehead atoms. The second-order valence-corrected chi connectivity index (χ2v) is 15.2. The lowest BCUT2D eigenvalue weighted by molar-refractivity contribution is -0.126. The fourth-order valence-corrected chi connectivity index (χ4v) is 7.19. The van der Waals surface area contributed by atoms with Crippen LogP contribution in [-0.4, -0.2) is 74.4 Å². The van der Waals surface area contributed by atoms with Gasteiger partial charge in [0.05, 0.1) is 31.3 Å². The summed E-state index contributed by atoms with van der Waals surface area (Å²) < 4.78 is 45.3. The number of guanidine groups is 1. The molecule has 0 saturated heterocycles. The van der Waals surface area contributed by atoms with Gasteiger partial charge in [0.1, 0.15) is 28.5 Å². The SMILES string of the molecule is COc1cc(C)c(S(=O)(=O)NC(N)=NCCC[C@H](NC(=O)[C@H](COCc2ccccc2)NC(=O)OC(C)(C)C)C(O)c2nccs2)c(C)c1C. The number of carbonyl (C=O) groups excluding carboxylic acids is 2. The van der Waals surface area contributed by atoms with Gasteiger partial charge in [0.15, 0.2) is 0 Å². The maximum Gasteiger partial charge on any atom is 0.408 e. The van der Waals surface area contributed by atoms with Gasteiger partial charge in [-0.2, -0.15) is 0 Å². The molecule has 0 aliphatic carbocycles. The van der Waals surface area contributed by atoms with Crippen LogP contribution in [0.2, 0.25) is 0 Å². The van der Waals surface area contributed by atoms with Gasteiger partial charge >= 0.3 is 6.09 Å². The van der Waals surface area contributed by atoms with Gasteiger partial charge in [-0.15, -0.1) is 11.3 Å². The van der Waals surface area contributed by atoms with E-state index >= 15 is 0 Å². The summed E-state index contributed by atoms with van der Waals surface area (Å²) in [5.74, 6) is -0.342. The van der Waals surface area contributed by atoms with E-state index in [1.54, 1.807) is 53.0 Å². The van der Waals surface area contributed by atoms with Crippen LogP contribution in [0.5, 0.6) is 5.75 Å². The summed E-state index contributed by atoms with van der Waals surface area (Å²) in [7, 11) is -2.54. The van der Waals surface area contributed by atoms with E-state index in [-0.39, 0.29) is 37.0 Å². The highest BCUT2D eigenvalue weighted by Crippen LogP contribution is 2.30. The van der Waals surface area contributed by atoms with Crippen molar-refractivity contribution in [2.75, 3.05) is 20.3 Å². The highest BCUT2D eigenvalue weighted by Gasteiger charge is 2.30. The van der Waals surface area contributed by atoms with Crippen molar-refractivity contribution < 1.29 is 37.3 Å². The number of rotatable bonds is 16. The Bertz CT molecular complexity index is 1710. The van der Waals surface area contributed by atoms with E-state index in [0.29, 0.717) is 33.9 Å². The number of aliphatic hydroxyl groups excluding tert-OH is 1. The van der Waals surface area contributed by atoms with Crippen molar-refractivity contribution in [1.29, 1.82) is 0 Å². The number of hydrogen-bond acceptors (Lipinski definition) is 11. The van der Waals surface area contributed by atoms with Crippen LogP contribution in [0.1, 0.15) is 67.0 Å². The third-order valence-electron chi connectivity index (χ3n) is 7.48. The van der Waals surface area contributed by atoms with E-state index in [2.05, 4.69) is 25.3 Å². The van der Waals surface area contributed by atoms with Crippen LogP contribution in [0.15, 0.2) is 57.9 Å². The van der Waals surface area contributed by atoms with Crippen molar-refractivity contribution in [1.82, 2.24) is 20.3 Å². The second-order valence-electron chi connectivity index (χ2n) is 12.6. The lowest BCUT2D eigenvalue weighted by atomic mass is 10.0. The predicted molar refractivity (Wildman–Crippen MR) is 192 cm³/mol. The highest BCUT2D eigenvalue weighted by atomic mass is 32.2. The number of carbonyl (C=O) groups is 2. The van der Waals surface area contributed by atoms with Crippen molar-refractivity contribution in [2.45, 2.75) is 89.7 Å². The molecule has 0 aliphatic heterocycles. The number of ether oxygens (including phenoxy) is 3. The first-order valence-electron chi connectivity index (χ1n) is 16.0. The van der Waals surface area contributed by atoms with E-state index in [1.807, 2.05) is 30.3 Å². The molecular formula is C34H48N6O8S2. The van der Waals surface area contributed by atoms with Gasteiger partial charge in [0.25, 0.3) is 10.0 Å². The second kappa shape index (κ2) is 18.1. The standard InChI is InChI=1S/C34H48N6O8S2/c1-21-18-27(46-7)22(2)23(3)29(21)50(44,45)40-32(35)37-15-11-14-25(28(41)31-36-16-17-49-31)38-30(42)26(39-33(43)48-34(4,5)6)20-47-19-24-12-9-8-10-13-24/h8-10,12-13,16-18,25-26,28,41H,11,14-15,19-20H2,1-7H3,(H,38,42)(H,39,43)(H3,35,37,40)/t25-,26-,28?/m0/s1. The zero-order valence-corrected chi connectivity index (χ0v) is 31.1. The number of amides is 2. The first-order chi connectivity index (χ1) is 23.5. The van der Waals surface area contributed by atoms with Crippen LogP contribution in [-0.2, 0) is 30.9 Å². The molecule has 3 rings (SSSR count). The van der Waals surface area contributed by atoms with E-state index in [9.17, 15) is 23.1 Å². The summed E-state index contributed by atoms with van der Waals surface area (Å²) in [5, 5.41) is 18.7. The van der Waals surface area contributed by atoms with Crippen LogP contribution >= 0.6 is 11.3 Å². The van der Waals surface area contributed by atoms with Crippen molar-refractivity contribution >= 4 is 39.3 Å². The van der Waals surface area contributed by atoms with Gasteiger partial charge in [-0.05, 0) is 82.7 Å². The largest absolute Gasteiger partial charge is 0.496 e. The van der Waals surface area contributed by atoms with Crippen LogP contribution in [0.3, 0.4) is 0 Å². The zero-order chi connectivity index (χ0) is 37.1. The minimum absolute atomic E-state index is 0.0741. The summed E-state index contributed by atoms with van der Waals surface area (Å²) in [5.41, 5.74) is 7.77. The lowest BCUT2D eigenvalue weighted by Gasteiger charge is -2.27. The Balaban J connectivity index is 1.71. The maximum absolute atomic E-state index is 13.6. The molecule has 2 aromatic carbocycles. The summed E-state index contributed by atoms with van der Waals surface area (Å²) >= 11 is 1.22. The zero-order valence-electron chi connectivity index (χ0n) is 29.5. The summed E-state index contributed by atoms with van der Waals surface area (Å²) in [6, 6.07) is 8.99. The van der Waals surface area contributed by atoms with Gasteiger partial charge < -0.3 is 35.7 Å². The Morgan fingerprint density at radius 1 is 1.10 bits per heavy atom. The molecule has 0 aliphatic rings. The molecule has 1 heterocycles. The van der Waals surface area contributed by atoms with Crippen molar-refractivity contribution in [2.24, 2.45) is 10.7 Å². The first-order valence-corrected chi connectivity index (χ1v) is 18.3. The Morgan fingerprint density at radius 2 is 1.80 bits per heavy atom. The molecule has 2 amide bonds. The Labute approximate surface area is 297 Å². The van der Waals surface area contributed by atoms with Gasteiger partial charge in [0.2, 0.25) is 11.9 Å². The average Bonchev–Trinajstić information content (AvgIpc) is 3.58. The normalized spacial score (nSPS) is 14.0. The number of aliphatic hydroxyl groups is 1. The maximum atomic E-state index is 13.6. The summed E-state index contributed by atoms with van der Waals surface area (Å²) in [6.07, 6.45) is 0.0491.